The van der Waals surface area contributed by atoms with Crippen molar-refractivity contribution >= 4 is 11.6 Å². The van der Waals surface area contributed by atoms with Crippen LogP contribution in [0.3, 0.4) is 0 Å². The highest BCUT2D eigenvalue weighted by molar-refractivity contribution is 5.84. The van der Waals surface area contributed by atoms with Crippen LogP contribution in [0.4, 0.5) is 0 Å². The molecule has 0 spiro atoms. The molecule has 0 aliphatic carbocycles. The molecule has 1 rings (SSSR count). The molecule has 0 aliphatic heterocycles. The summed E-state index contributed by atoms with van der Waals surface area (Å²) in [6.07, 6.45) is 4.37. The molecule has 21 heavy (non-hydrogen) atoms. The Kier molecular flexibility index (Phi) is 7.94. The van der Waals surface area contributed by atoms with Gasteiger partial charge in [-0.15, -0.1) is 0 Å². The molecule has 1 N–H and O–H groups in total. The number of nitrogens with one attached hydrogen (secondary N) is 1. The number of hydrogen-bond acceptors (Lipinski definition) is 4. The Morgan fingerprint density at radius 2 is 1.86 bits per heavy atom. The smallest absolute Gasteiger partial charge is 0.277 e. The molecule has 0 radical (unpaired) electrons. The summed E-state index contributed by atoms with van der Waals surface area (Å²) < 4.78 is 10.4. The van der Waals surface area contributed by atoms with E-state index in [0.717, 1.165) is 24.3 Å². The predicted octanol–water partition coefficient (Wildman–Crippen LogP) is 3.15. The van der Waals surface area contributed by atoms with Gasteiger partial charge in [-0.3, -0.25) is 4.79 Å². The fourth-order valence-electron chi connectivity index (χ4n) is 1.70. The van der Waals surface area contributed by atoms with E-state index in [-0.39, 0.29) is 12.5 Å². The zero-order chi connectivity index (χ0) is 15.5. The summed E-state index contributed by atoms with van der Waals surface area (Å²) in [4.78, 5) is 11.6. The van der Waals surface area contributed by atoms with E-state index >= 15 is 0 Å². The van der Waals surface area contributed by atoms with Crippen molar-refractivity contribution in [1.29, 1.82) is 0 Å². The molecule has 0 aromatic heterocycles. The summed E-state index contributed by atoms with van der Waals surface area (Å²) in [5.41, 5.74) is 3.43. The summed E-state index contributed by atoms with van der Waals surface area (Å²) in [5, 5.41) is 4.05. The van der Waals surface area contributed by atoms with Gasteiger partial charge >= 0.3 is 0 Å². The molecule has 0 saturated carbocycles. The van der Waals surface area contributed by atoms with Crippen molar-refractivity contribution in [2.75, 3.05) is 13.7 Å². The second kappa shape index (κ2) is 9.80. The Morgan fingerprint density at radius 1 is 1.19 bits per heavy atom. The van der Waals surface area contributed by atoms with Crippen molar-refractivity contribution in [2.45, 2.75) is 39.5 Å². The van der Waals surface area contributed by atoms with Crippen LogP contribution >= 0.6 is 0 Å². The highest BCUT2D eigenvalue weighted by Crippen LogP contribution is 2.16. The lowest BCUT2D eigenvalue weighted by atomic mass is 10.1. The van der Waals surface area contributed by atoms with E-state index in [9.17, 15) is 4.79 Å². The van der Waals surface area contributed by atoms with E-state index in [1.807, 2.05) is 6.92 Å². The van der Waals surface area contributed by atoms with E-state index < -0.39 is 0 Å². The Balaban J connectivity index is 2.28. The van der Waals surface area contributed by atoms with E-state index in [0.29, 0.717) is 5.75 Å². The zero-order valence-electron chi connectivity index (χ0n) is 13.0. The second-order valence-corrected chi connectivity index (χ2v) is 4.80. The maximum atomic E-state index is 11.6. The Bertz CT molecular complexity index is 455. The largest absolute Gasteiger partial charge is 0.497 e. The highest BCUT2D eigenvalue weighted by atomic mass is 16.5. The van der Waals surface area contributed by atoms with Crippen molar-refractivity contribution < 1.29 is 14.3 Å². The maximum absolute atomic E-state index is 11.6. The van der Waals surface area contributed by atoms with Crippen LogP contribution in [0.5, 0.6) is 11.5 Å². The second-order valence-electron chi connectivity index (χ2n) is 4.80. The number of unbranched alkanes of at least 4 members (excludes halogenated alkanes) is 2. The Hall–Kier alpha value is -2.04. The number of carbonyl (C=O) groups excluding carboxylic acids is 1. The van der Waals surface area contributed by atoms with Crippen LogP contribution in [-0.2, 0) is 4.79 Å². The van der Waals surface area contributed by atoms with Gasteiger partial charge in [0.05, 0.1) is 7.11 Å². The molecule has 1 aromatic carbocycles. The van der Waals surface area contributed by atoms with Crippen molar-refractivity contribution in [3.63, 3.8) is 0 Å². The first-order valence-electron chi connectivity index (χ1n) is 7.24. The molecular weight excluding hydrogens is 268 g/mol. The van der Waals surface area contributed by atoms with Gasteiger partial charge < -0.3 is 9.47 Å². The fourth-order valence-corrected chi connectivity index (χ4v) is 1.70. The summed E-state index contributed by atoms with van der Waals surface area (Å²) in [6, 6.07) is 7.07. The van der Waals surface area contributed by atoms with Crippen LogP contribution in [0.25, 0.3) is 0 Å². The topological polar surface area (TPSA) is 59.9 Å². The van der Waals surface area contributed by atoms with Crippen LogP contribution in [-0.4, -0.2) is 25.3 Å². The van der Waals surface area contributed by atoms with E-state index in [2.05, 4.69) is 17.5 Å². The minimum absolute atomic E-state index is 0.0575. The average molecular weight is 292 g/mol. The normalized spacial score (nSPS) is 11.1. The highest BCUT2D eigenvalue weighted by Gasteiger charge is 2.02. The van der Waals surface area contributed by atoms with Gasteiger partial charge in [0.2, 0.25) is 0 Å². The van der Waals surface area contributed by atoms with Crippen molar-refractivity contribution in [1.82, 2.24) is 5.43 Å². The van der Waals surface area contributed by atoms with Crippen molar-refractivity contribution in [3.8, 4) is 11.5 Å². The first-order valence-corrected chi connectivity index (χ1v) is 7.24. The number of ether oxygens (including phenoxy) is 2. The molecule has 0 fully saturated rings. The van der Waals surface area contributed by atoms with Crippen LogP contribution in [0.1, 0.15) is 39.5 Å². The number of carbonyl (C=O) groups is 1. The molecule has 1 aromatic rings. The monoisotopic (exact) mass is 292 g/mol. The predicted molar refractivity (Wildman–Crippen MR) is 83.9 cm³/mol. The number of benzene rings is 1. The number of hydrogen-bond donors (Lipinski definition) is 1. The van der Waals surface area contributed by atoms with Crippen LogP contribution in [0, 0.1) is 0 Å². The minimum Gasteiger partial charge on any atom is -0.497 e. The molecule has 5 nitrogen and oxygen atoms in total. The van der Waals surface area contributed by atoms with Gasteiger partial charge in [-0.05, 0) is 44.0 Å². The lowest BCUT2D eigenvalue weighted by Gasteiger charge is -2.06. The summed E-state index contributed by atoms with van der Waals surface area (Å²) in [6.45, 7) is 4.02. The van der Waals surface area contributed by atoms with Crippen molar-refractivity contribution in [3.05, 3.63) is 24.3 Å². The summed E-state index contributed by atoms with van der Waals surface area (Å²) in [7, 11) is 1.60. The molecule has 5 heteroatoms. The fraction of sp³-hybridized carbons (Fsp3) is 0.500. The quantitative estimate of drug-likeness (QED) is 0.432. The standard InChI is InChI=1S/C16H24N2O3/c1-4-5-6-7-13(2)17-18-16(19)12-21-15-10-8-14(20-3)9-11-15/h8-11H,4-7,12H2,1-3H3,(H,18,19)/b17-13+. The number of hydrazone groups is 1. The summed E-state index contributed by atoms with van der Waals surface area (Å²) in [5.74, 6) is 1.11. The maximum Gasteiger partial charge on any atom is 0.277 e. The Morgan fingerprint density at radius 3 is 2.48 bits per heavy atom. The number of amides is 1. The van der Waals surface area contributed by atoms with Gasteiger partial charge in [0, 0.05) is 5.71 Å². The minimum atomic E-state index is -0.263. The van der Waals surface area contributed by atoms with E-state index in [1.165, 1.54) is 12.8 Å². The van der Waals surface area contributed by atoms with Crippen LogP contribution < -0.4 is 14.9 Å². The van der Waals surface area contributed by atoms with E-state index in [1.54, 1.807) is 31.4 Å². The molecular formula is C16H24N2O3. The third-order valence-corrected chi connectivity index (χ3v) is 2.94. The van der Waals surface area contributed by atoms with Gasteiger partial charge in [-0.2, -0.15) is 5.10 Å². The molecule has 0 unspecified atom stereocenters. The number of methoxy groups -OCH3 is 1. The summed E-state index contributed by atoms with van der Waals surface area (Å²) >= 11 is 0. The van der Waals surface area contributed by atoms with Gasteiger partial charge in [-0.25, -0.2) is 5.43 Å². The van der Waals surface area contributed by atoms with E-state index in [4.69, 9.17) is 9.47 Å². The first-order chi connectivity index (χ1) is 10.2. The van der Waals surface area contributed by atoms with Gasteiger partial charge in [-0.1, -0.05) is 19.8 Å². The van der Waals surface area contributed by atoms with Crippen LogP contribution in [0.2, 0.25) is 0 Å². The molecule has 0 bridgehead atoms. The lowest BCUT2D eigenvalue weighted by Crippen LogP contribution is -2.25. The molecule has 1 amide bonds. The van der Waals surface area contributed by atoms with Gasteiger partial charge in [0.1, 0.15) is 11.5 Å². The number of nitrogens with zero attached hydrogens (tertiary/aromatic N) is 1. The molecule has 0 atom stereocenters. The van der Waals surface area contributed by atoms with Crippen molar-refractivity contribution in [2.24, 2.45) is 5.10 Å². The van der Waals surface area contributed by atoms with Crippen LogP contribution in [0.15, 0.2) is 29.4 Å². The third kappa shape index (κ3) is 7.34. The lowest BCUT2D eigenvalue weighted by molar-refractivity contribution is -0.123. The Labute approximate surface area is 126 Å². The number of rotatable bonds is 9. The molecule has 116 valence electrons. The first kappa shape index (κ1) is 17.0. The molecule has 0 saturated heterocycles. The molecule has 0 aliphatic rings. The average Bonchev–Trinajstić information content (AvgIpc) is 2.51. The molecule has 0 heterocycles. The SMILES string of the molecule is CCCCC/C(C)=N/NC(=O)COc1ccc(OC)cc1. The van der Waals surface area contributed by atoms with Gasteiger partial charge in [0.15, 0.2) is 6.61 Å². The zero-order valence-corrected chi connectivity index (χ0v) is 13.0. The van der Waals surface area contributed by atoms with Gasteiger partial charge in [0.25, 0.3) is 5.91 Å². The third-order valence-electron chi connectivity index (χ3n) is 2.94.